The predicted octanol–water partition coefficient (Wildman–Crippen LogP) is 1.92. The van der Waals surface area contributed by atoms with Gasteiger partial charge in [0.1, 0.15) is 5.75 Å². The van der Waals surface area contributed by atoms with E-state index < -0.39 is 5.97 Å². The second kappa shape index (κ2) is 4.62. The van der Waals surface area contributed by atoms with Crippen molar-refractivity contribution in [2.75, 3.05) is 0 Å². The number of H-pyrrole nitrogens is 1. The maximum absolute atomic E-state index is 10.9. The molecule has 0 aliphatic heterocycles. The van der Waals surface area contributed by atoms with Crippen LogP contribution in [0.1, 0.15) is 6.92 Å². The van der Waals surface area contributed by atoms with Gasteiger partial charge in [-0.15, -0.1) is 12.4 Å². The lowest BCUT2D eigenvalue weighted by atomic mass is 10.4. The van der Waals surface area contributed by atoms with Crippen LogP contribution >= 0.6 is 12.4 Å². The molecule has 1 N–H and O–H groups in total. The first kappa shape index (κ1) is 10.8. The largest absolute Gasteiger partial charge is 0.422 e. The van der Waals surface area contributed by atoms with E-state index in [1.165, 1.54) is 0 Å². The zero-order valence-electron chi connectivity index (χ0n) is 6.66. The van der Waals surface area contributed by atoms with Gasteiger partial charge in [0.25, 0.3) is 0 Å². The topological polar surface area (TPSA) is 42.1 Å². The van der Waals surface area contributed by atoms with Gasteiger partial charge in [-0.1, -0.05) is 6.58 Å². The Hall–Kier alpha value is -1.22. The van der Waals surface area contributed by atoms with Crippen molar-refractivity contribution in [3.8, 4) is 5.75 Å². The van der Waals surface area contributed by atoms with Crippen LogP contribution in [0.2, 0.25) is 0 Å². The Morgan fingerprint density at radius 3 is 2.75 bits per heavy atom. The van der Waals surface area contributed by atoms with Gasteiger partial charge in [-0.2, -0.15) is 0 Å². The fraction of sp³-hybridized carbons (Fsp3) is 0.125. The lowest BCUT2D eigenvalue weighted by Gasteiger charge is -1.98. The minimum atomic E-state index is -0.399. The number of carbonyl (C=O) groups excluding carboxylic acids is 1. The van der Waals surface area contributed by atoms with E-state index in [2.05, 4.69) is 11.6 Å². The van der Waals surface area contributed by atoms with Crippen LogP contribution < -0.4 is 4.74 Å². The number of aromatic amines is 1. The summed E-state index contributed by atoms with van der Waals surface area (Å²) in [6.45, 7) is 5.06. The molecule has 0 fully saturated rings. The Morgan fingerprint density at radius 2 is 2.33 bits per heavy atom. The van der Waals surface area contributed by atoms with Crippen LogP contribution in [0.5, 0.6) is 5.75 Å². The molecule has 0 aliphatic rings. The first-order valence-corrected chi connectivity index (χ1v) is 3.20. The standard InChI is InChI=1S/C8H9NO2.ClH/c1-6(2)8(10)11-7-3-4-9-5-7;/h3-5,9H,1H2,2H3;1H. The van der Waals surface area contributed by atoms with Crippen LogP contribution in [0.25, 0.3) is 0 Å². The summed E-state index contributed by atoms with van der Waals surface area (Å²) < 4.78 is 4.85. The molecule has 12 heavy (non-hydrogen) atoms. The van der Waals surface area contributed by atoms with Crippen molar-refractivity contribution >= 4 is 18.4 Å². The molecule has 0 amide bonds. The number of aromatic nitrogens is 1. The zero-order chi connectivity index (χ0) is 8.27. The molecule has 0 aromatic carbocycles. The summed E-state index contributed by atoms with van der Waals surface area (Å²) in [6, 6.07) is 1.67. The average molecular weight is 188 g/mol. The highest BCUT2D eigenvalue weighted by Crippen LogP contribution is 2.08. The Morgan fingerprint density at radius 1 is 1.67 bits per heavy atom. The number of halogens is 1. The first-order chi connectivity index (χ1) is 5.20. The number of hydrogen-bond donors (Lipinski definition) is 1. The van der Waals surface area contributed by atoms with E-state index in [9.17, 15) is 4.79 Å². The summed E-state index contributed by atoms with van der Waals surface area (Å²) in [6.07, 6.45) is 3.28. The van der Waals surface area contributed by atoms with Crippen LogP contribution in [0.4, 0.5) is 0 Å². The van der Waals surface area contributed by atoms with Gasteiger partial charge in [0.15, 0.2) is 0 Å². The van der Waals surface area contributed by atoms with Crippen LogP contribution in [0, 0.1) is 0 Å². The summed E-state index contributed by atoms with van der Waals surface area (Å²) >= 11 is 0. The lowest BCUT2D eigenvalue weighted by Crippen LogP contribution is -2.07. The number of carbonyl (C=O) groups is 1. The van der Waals surface area contributed by atoms with Crippen LogP contribution in [0.3, 0.4) is 0 Å². The van der Waals surface area contributed by atoms with Crippen molar-refractivity contribution in [3.05, 3.63) is 30.6 Å². The Bertz CT molecular complexity index is 267. The van der Waals surface area contributed by atoms with Gasteiger partial charge in [0, 0.05) is 18.0 Å². The number of esters is 1. The molecule has 0 aliphatic carbocycles. The van der Waals surface area contributed by atoms with Gasteiger partial charge in [-0.3, -0.25) is 0 Å². The van der Waals surface area contributed by atoms with Gasteiger partial charge in [0.2, 0.25) is 0 Å². The maximum Gasteiger partial charge on any atom is 0.338 e. The van der Waals surface area contributed by atoms with Crippen LogP contribution in [-0.4, -0.2) is 11.0 Å². The molecule has 3 nitrogen and oxygen atoms in total. The molecule has 0 saturated heterocycles. The molecule has 0 radical (unpaired) electrons. The zero-order valence-corrected chi connectivity index (χ0v) is 7.48. The first-order valence-electron chi connectivity index (χ1n) is 3.20. The van der Waals surface area contributed by atoms with Crippen LogP contribution in [0.15, 0.2) is 30.6 Å². The fourth-order valence-corrected chi connectivity index (χ4v) is 0.566. The SMILES string of the molecule is C=C(C)C(=O)Oc1cc[nH]c1.Cl. The lowest BCUT2D eigenvalue weighted by molar-refractivity contribution is -0.130. The Balaban J connectivity index is 0.00000121. The third-order valence-electron chi connectivity index (χ3n) is 1.13. The Kier molecular flexibility index (Phi) is 4.15. The molecule has 0 saturated carbocycles. The second-order valence-electron chi connectivity index (χ2n) is 2.22. The summed E-state index contributed by atoms with van der Waals surface area (Å²) in [5, 5.41) is 0. The predicted molar refractivity (Wildman–Crippen MR) is 48.5 cm³/mol. The Labute approximate surface area is 76.8 Å². The van der Waals surface area contributed by atoms with Crippen molar-refractivity contribution in [2.45, 2.75) is 6.92 Å². The molecule has 1 aromatic rings. The molecule has 0 bridgehead atoms. The second-order valence-corrected chi connectivity index (χ2v) is 2.22. The van der Waals surface area contributed by atoms with E-state index in [0.29, 0.717) is 11.3 Å². The van der Waals surface area contributed by atoms with Gasteiger partial charge >= 0.3 is 5.97 Å². The molecule has 1 rings (SSSR count). The van der Waals surface area contributed by atoms with E-state index in [4.69, 9.17) is 4.74 Å². The summed E-state index contributed by atoms with van der Waals surface area (Å²) in [4.78, 5) is 13.6. The third kappa shape index (κ3) is 2.80. The average Bonchev–Trinajstić information content (AvgIpc) is 2.39. The van der Waals surface area contributed by atoms with Crippen molar-refractivity contribution < 1.29 is 9.53 Å². The van der Waals surface area contributed by atoms with E-state index in [-0.39, 0.29) is 12.4 Å². The van der Waals surface area contributed by atoms with E-state index in [1.807, 2.05) is 0 Å². The highest BCUT2D eigenvalue weighted by atomic mass is 35.5. The van der Waals surface area contributed by atoms with Crippen LogP contribution in [-0.2, 0) is 4.79 Å². The van der Waals surface area contributed by atoms with Gasteiger partial charge in [0.05, 0.1) is 0 Å². The third-order valence-corrected chi connectivity index (χ3v) is 1.13. The molecular formula is C8H10ClNO2. The number of nitrogens with one attached hydrogen (secondary N) is 1. The number of hydrogen-bond acceptors (Lipinski definition) is 2. The van der Waals surface area contributed by atoms with Crippen molar-refractivity contribution in [3.63, 3.8) is 0 Å². The van der Waals surface area contributed by atoms with E-state index >= 15 is 0 Å². The maximum atomic E-state index is 10.9. The van der Waals surface area contributed by atoms with Gasteiger partial charge in [-0.05, 0) is 13.0 Å². The molecular weight excluding hydrogens is 178 g/mol. The highest BCUT2D eigenvalue weighted by molar-refractivity contribution is 5.88. The fourth-order valence-electron chi connectivity index (χ4n) is 0.566. The van der Waals surface area contributed by atoms with Crippen molar-refractivity contribution in [1.82, 2.24) is 4.98 Å². The minimum Gasteiger partial charge on any atom is -0.422 e. The highest BCUT2D eigenvalue weighted by Gasteiger charge is 2.03. The minimum absolute atomic E-state index is 0. The molecule has 4 heteroatoms. The molecule has 0 unspecified atom stereocenters. The molecule has 1 aromatic heterocycles. The van der Waals surface area contributed by atoms with Gasteiger partial charge in [-0.25, -0.2) is 4.79 Å². The molecule has 66 valence electrons. The molecule has 0 spiro atoms. The number of ether oxygens (including phenoxy) is 1. The van der Waals surface area contributed by atoms with E-state index in [1.54, 1.807) is 25.4 Å². The monoisotopic (exact) mass is 187 g/mol. The van der Waals surface area contributed by atoms with Gasteiger partial charge < -0.3 is 9.72 Å². The number of rotatable bonds is 2. The molecule has 1 heterocycles. The van der Waals surface area contributed by atoms with Crippen molar-refractivity contribution in [1.29, 1.82) is 0 Å². The molecule has 0 atom stereocenters. The summed E-state index contributed by atoms with van der Waals surface area (Å²) in [5.41, 5.74) is 0.395. The summed E-state index contributed by atoms with van der Waals surface area (Å²) in [7, 11) is 0. The van der Waals surface area contributed by atoms with E-state index in [0.717, 1.165) is 0 Å². The quantitative estimate of drug-likeness (QED) is 0.568. The smallest absolute Gasteiger partial charge is 0.338 e. The normalized spacial score (nSPS) is 8.42. The summed E-state index contributed by atoms with van der Waals surface area (Å²) in [5.74, 6) is 0.114. The van der Waals surface area contributed by atoms with Crippen molar-refractivity contribution in [2.24, 2.45) is 0 Å².